The third-order valence-corrected chi connectivity index (χ3v) is 3.12. The molecule has 1 amide bonds. The summed E-state index contributed by atoms with van der Waals surface area (Å²) in [5.74, 6) is -0.107. The smallest absolute Gasteiger partial charge is 0.269 e. The minimum atomic E-state index is -0.457. The zero-order chi connectivity index (χ0) is 15.2. The van der Waals surface area contributed by atoms with Gasteiger partial charge in [-0.25, -0.2) is 0 Å². The summed E-state index contributed by atoms with van der Waals surface area (Å²) in [7, 11) is 0. The first kappa shape index (κ1) is 14.7. The average Bonchev–Trinajstić information content (AvgIpc) is 2.47. The molecule has 0 aliphatic carbocycles. The molecule has 0 aliphatic heterocycles. The van der Waals surface area contributed by atoms with Crippen LogP contribution in [0.5, 0.6) is 0 Å². The van der Waals surface area contributed by atoms with E-state index in [1.807, 2.05) is 31.2 Å². The summed E-state index contributed by atoms with van der Waals surface area (Å²) >= 11 is 0. The van der Waals surface area contributed by atoms with E-state index in [1.54, 1.807) is 12.1 Å². The van der Waals surface area contributed by atoms with Gasteiger partial charge in [-0.3, -0.25) is 14.9 Å². The Bertz CT molecular complexity index is 634. The first-order chi connectivity index (χ1) is 10.0. The lowest BCUT2D eigenvalue weighted by Gasteiger charge is -2.06. The van der Waals surface area contributed by atoms with Gasteiger partial charge in [0, 0.05) is 18.7 Å². The number of carbonyl (C=O) groups is 1. The van der Waals surface area contributed by atoms with Crippen LogP contribution >= 0.6 is 0 Å². The van der Waals surface area contributed by atoms with Crippen molar-refractivity contribution < 1.29 is 9.72 Å². The molecule has 0 atom stereocenters. The number of hydrogen-bond acceptors (Lipinski definition) is 3. The molecule has 0 saturated carbocycles. The quantitative estimate of drug-likeness (QED) is 0.677. The van der Waals surface area contributed by atoms with E-state index in [0.29, 0.717) is 6.54 Å². The molecule has 0 aliphatic rings. The lowest BCUT2D eigenvalue weighted by molar-refractivity contribution is -0.384. The zero-order valence-corrected chi connectivity index (χ0v) is 11.7. The van der Waals surface area contributed by atoms with Crippen molar-refractivity contribution in [3.63, 3.8) is 0 Å². The molecule has 0 spiro atoms. The molecule has 0 aromatic heterocycles. The minimum Gasteiger partial charge on any atom is -0.352 e. The van der Waals surface area contributed by atoms with E-state index in [4.69, 9.17) is 0 Å². The van der Waals surface area contributed by atoms with E-state index >= 15 is 0 Å². The molecule has 0 heterocycles. The Labute approximate surface area is 122 Å². The van der Waals surface area contributed by atoms with Gasteiger partial charge in [0.1, 0.15) is 0 Å². The van der Waals surface area contributed by atoms with Crippen molar-refractivity contribution in [3.05, 3.63) is 75.3 Å². The summed E-state index contributed by atoms with van der Waals surface area (Å²) < 4.78 is 0. The second kappa shape index (κ2) is 6.65. The number of nitro groups is 1. The van der Waals surface area contributed by atoms with Gasteiger partial charge in [0.25, 0.3) is 5.69 Å². The van der Waals surface area contributed by atoms with E-state index in [0.717, 1.165) is 11.1 Å². The van der Waals surface area contributed by atoms with Gasteiger partial charge >= 0.3 is 0 Å². The Kier molecular flexibility index (Phi) is 4.66. The van der Waals surface area contributed by atoms with Crippen LogP contribution in [0.25, 0.3) is 0 Å². The van der Waals surface area contributed by atoms with Crippen LogP contribution in [0.1, 0.15) is 16.7 Å². The Morgan fingerprint density at radius 3 is 2.19 bits per heavy atom. The Morgan fingerprint density at radius 1 is 1.05 bits per heavy atom. The highest BCUT2D eigenvalue weighted by atomic mass is 16.6. The summed E-state index contributed by atoms with van der Waals surface area (Å²) in [4.78, 5) is 21.9. The number of nitro benzene ring substituents is 1. The molecule has 0 fully saturated rings. The van der Waals surface area contributed by atoms with Crippen molar-refractivity contribution >= 4 is 11.6 Å². The third kappa shape index (κ3) is 4.42. The number of amides is 1. The van der Waals surface area contributed by atoms with Gasteiger partial charge in [-0.15, -0.1) is 0 Å². The number of nitrogens with one attached hydrogen (secondary N) is 1. The van der Waals surface area contributed by atoms with E-state index in [2.05, 4.69) is 5.32 Å². The predicted molar refractivity (Wildman–Crippen MR) is 79.8 cm³/mol. The fourth-order valence-corrected chi connectivity index (χ4v) is 1.89. The molecule has 0 bridgehead atoms. The van der Waals surface area contributed by atoms with Crippen LogP contribution in [0.2, 0.25) is 0 Å². The summed E-state index contributed by atoms with van der Waals surface area (Å²) in [6, 6.07) is 14.0. The fourth-order valence-electron chi connectivity index (χ4n) is 1.89. The lowest BCUT2D eigenvalue weighted by atomic mass is 10.1. The fraction of sp³-hybridized carbons (Fsp3) is 0.188. The van der Waals surface area contributed by atoms with Crippen molar-refractivity contribution in [3.8, 4) is 0 Å². The number of benzene rings is 2. The van der Waals surface area contributed by atoms with Crippen molar-refractivity contribution in [2.45, 2.75) is 19.9 Å². The van der Waals surface area contributed by atoms with Crippen LogP contribution in [0, 0.1) is 17.0 Å². The zero-order valence-electron chi connectivity index (χ0n) is 11.7. The maximum atomic E-state index is 11.8. The molecule has 108 valence electrons. The molecular formula is C16H16N2O3. The molecule has 21 heavy (non-hydrogen) atoms. The topological polar surface area (TPSA) is 72.2 Å². The summed E-state index contributed by atoms with van der Waals surface area (Å²) in [6.45, 7) is 2.49. The van der Waals surface area contributed by atoms with E-state index < -0.39 is 4.92 Å². The van der Waals surface area contributed by atoms with Crippen LogP contribution in [0.15, 0.2) is 48.5 Å². The van der Waals surface area contributed by atoms with Gasteiger partial charge in [-0.05, 0) is 18.1 Å². The summed E-state index contributed by atoms with van der Waals surface area (Å²) in [5.41, 5.74) is 2.99. The molecule has 5 heteroatoms. The number of aryl methyl sites for hydroxylation is 1. The molecule has 0 radical (unpaired) electrons. The molecule has 5 nitrogen and oxygen atoms in total. The van der Waals surface area contributed by atoms with Crippen molar-refractivity contribution in [1.29, 1.82) is 0 Å². The maximum absolute atomic E-state index is 11.8. The highest BCUT2D eigenvalue weighted by Gasteiger charge is 2.07. The van der Waals surface area contributed by atoms with Crippen LogP contribution in [0.3, 0.4) is 0 Å². The highest BCUT2D eigenvalue weighted by molar-refractivity contribution is 5.78. The molecule has 0 saturated heterocycles. The predicted octanol–water partition coefficient (Wildman–Crippen LogP) is 2.76. The monoisotopic (exact) mass is 284 g/mol. The summed E-state index contributed by atoms with van der Waals surface area (Å²) in [6.07, 6.45) is 0.212. The van der Waals surface area contributed by atoms with Crippen molar-refractivity contribution in [1.82, 2.24) is 5.32 Å². The molecule has 2 rings (SSSR count). The van der Waals surface area contributed by atoms with Crippen molar-refractivity contribution in [2.24, 2.45) is 0 Å². The molecular weight excluding hydrogens is 268 g/mol. The van der Waals surface area contributed by atoms with Gasteiger partial charge in [0.15, 0.2) is 0 Å². The largest absolute Gasteiger partial charge is 0.352 e. The normalized spacial score (nSPS) is 10.1. The van der Waals surface area contributed by atoms with Crippen molar-refractivity contribution in [2.75, 3.05) is 0 Å². The maximum Gasteiger partial charge on any atom is 0.269 e. The number of hydrogen-bond donors (Lipinski definition) is 1. The van der Waals surface area contributed by atoms with E-state index in [1.165, 1.54) is 17.7 Å². The minimum absolute atomic E-state index is 0.0267. The van der Waals surface area contributed by atoms with Crippen LogP contribution in [-0.2, 0) is 17.8 Å². The highest BCUT2D eigenvalue weighted by Crippen LogP contribution is 2.12. The van der Waals surface area contributed by atoms with Crippen LogP contribution in [-0.4, -0.2) is 10.8 Å². The standard InChI is InChI=1S/C16H16N2O3/c1-12-2-4-14(5-3-12)11-17-16(19)10-13-6-8-15(9-7-13)18(20)21/h2-9H,10-11H2,1H3,(H,17,19). The SMILES string of the molecule is Cc1ccc(CNC(=O)Cc2ccc([N+](=O)[O-])cc2)cc1. The van der Waals surface area contributed by atoms with E-state index in [-0.39, 0.29) is 18.0 Å². The lowest BCUT2D eigenvalue weighted by Crippen LogP contribution is -2.24. The number of rotatable bonds is 5. The average molecular weight is 284 g/mol. The molecule has 2 aromatic rings. The Morgan fingerprint density at radius 2 is 1.62 bits per heavy atom. The first-order valence-electron chi connectivity index (χ1n) is 6.60. The van der Waals surface area contributed by atoms with Gasteiger partial charge in [-0.2, -0.15) is 0 Å². The number of non-ortho nitro benzene ring substituents is 1. The van der Waals surface area contributed by atoms with Gasteiger partial charge < -0.3 is 5.32 Å². The second-order valence-electron chi connectivity index (χ2n) is 4.86. The Hall–Kier alpha value is -2.69. The summed E-state index contributed by atoms with van der Waals surface area (Å²) in [5, 5.41) is 13.4. The van der Waals surface area contributed by atoms with Crippen LogP contribution < -0.4 is 5.32 Å². The molecule has 1 N–H and O–H groups in total. The molecule has 0 unspecified atom stereocenters. The Balaban J connectivity index is 1.86. The second-order valence-corrected chi connectivity index (χ2v) is 4.86. The number of carbonyl (C=O) groups excluding carboxylic acids is 1. The molecule has 2 aromatic carbocycles. The van der Waals surface area contributed by atoms with E-state index in [9.17, 15) is 14.9 Å². The van der Waals surface area contributed by atoms with Gasteiger partial charge in [0.05, 0.1) is 11.3 Å². The van der Waals surface area contributed by atoms with Crippen LogP contribution in [0.4, 0.5) is 5.69 Å². The van der Waals surface area contributed by atoms with Gasteiger partial charge in [0.2, 0.25) is 5.91 Å². The van der Waals surface area contributed by atoms with Gasteiger partial charge in [-0.1, -0.05) is 42.0 Å². The number of nitrogens with zero attached hydrogens (tertiary/aromatic N) is 1. The third-order valence-electron chi connectivity index (χ3n) is 3.12. The first-order valence-corrected chi connectivity index (χ1v) is 6.60.